The molecule has 0 radical (unpaired) electrons. The summed E-state index contributed by atoms with van der Waals surface area (Å²) in [6, 6.07) is 12.4. The Kier molecular flexibility index (Phi) is 5.17. The maximum absolute atomic E-state index is 12.2. The number of aliphatic hydroxyl groups excluding tert-OH is 1. The van der Waals surface area contributed by atoms with Gasteiger partial charge >= 0.3 is 0 Å². The van der Waals surface area contributed by atoms with E-state index in [1.165, 1.54) is 18.2 Å². The average Bonchev–Trinajstić information content (AvgIpc) is 2.47. The number of hydrogen-bond donors (Lipinski definition) is 3. The van der Waals surface area contributed by atoms with Crippen molar-refractivity contribution in [1.82, 2.24) is 0 Å². The Morgan fingerprint density at radius 1 is 1.09 bits per heavy atom. The Labute approximate surface area is 136 Å². The lowest BCUT2D eigenvalue weighted by molar-refractivity contribution is -0.118. The molecule has 0 heterocycles. The lowest BCUT2D eigenvalue weighted by Crippen LogP contribution is -2.16. The first-order valence-corrected chi connectivity index (χ1v) is 8.47. The van der Waals surface area contributed by atoms with Crippen molar-refractivity contribution in [1.29, 1.82) is 0 Å². The lowest BCUT2D eigenvalue weighted by Gasteiger charge is -2.10. The van der Waals surface area contributed by atoms with Gasteiger partial charge in [-0.1, -0.05) is 22.0 Å². The number of benzene rings is 2. The molecule has 22 heavy (non-hydrogen) atoms. The normalized spacial score (nSPS) is 11.0. The fraction of sp³-hybridized carbons (Fsp3) is 0.0714. The van der Waals surface area contributed by atoms with E-state index in [0.717, 1.165) is 4.47 Å². The number of hydrogen-bond acceptors (Lipinski definition) is 4. The molecule has 0 spiro atoms. The molecule has 0 aliphatic heterocycles. The van der Waals surface area contributed by atoms with Crippen molar-refractivity contribution in [2.75, 3.05) is 16.6 Å². The summed E-state index contributed by atoms with van der Waals surface area (Å²) < 4.78 is 27.7. The molecule has 0 saturated carbocycles. The van der Waals surface area contributed by atoms with Crippen LogP contribution in [0.2, 0.25) is 0 Å². The van der Waals surface area contributed by atoms with Gasteiger partial charge in [0.2, 0.25) is 5.91 Å². The molecule has 3 N–H and O–H groups in total. The summed E-state index contributed by atoms with van der Waals surface area (Å²) in [5.74, 6) is -0.576. The number of aliphatic hydroxyl groups is 1. The van der Waals surface area contributed by atoms with Crippen molar-refractivity contribution in [2.24, 2.45) is 0 Å². The number of anilines is 2. The summed E-state index contributed by atoms with van der Waals surface area (Å²) in [6.07, 6.45) is 0. The molecule has 8 heteroatoms. The van der Waals surface area contributed by atoms with E-state index in [4.69, 9.17) is 5.11 Å². The zero-order valence-electron chi connectivity index (χ0n) is 11.3. The van der Waals surface area contributed by atoms with E-state index in [1.54, 1.807) is 30.3 Å². The number of amides is 1. The number of halogens is 1. The standard InChI is InChI=1S/C14H13BrN2O4S/c15-10-4-6-13(7-5-10)22(20,21)17-12-3-1-2-11(8-12)16-14(19)9-18/h1-8,17-18H,9H2,(H,16,19). The first kappa shape index (κ1) is 16.5. The zero-order valence-corrected chi connectivity index (χ0v) is 13.7. The Morgan fingerprint density at radius 2 is 1.73 bits per heavy atom. The maximum atomic E-state index is 12.2. The van der Waals surface area contributed by atoms with Crippen molar-refractivity contribution in [3.8, 4) is 0 Å². The van der Waals surface area contributed by atoms with Crippen LogP contribution in [0, 0.1) is 0 Å². The van der Waals surface area contributed by atoms with E-state index in [1.807, 2.05) is 0 Å². The van der Waals surface area contributed by atoms with Gasteiger partial charge < -0.3 is 10.4 Å². The Bertz CT molecular complexity index is 776. The van der Waals surface area contributed by atoms with Crippen LogP contribution in [0.1, 0.15) is 0 Å². The van der Waals surface area contributed by atoms with Gasteiger partial charge in [-0.25, -0.2) is 8.42 Å². The summed E-state index contributed by atoms with van der Waals surface area (Å²) in [5, 5.41) is 11.1. The second-order valence-electron chi connectivity index (χ2n) is 4.35. The molecule has 2 aromatic carbocycles. The number of nitrogens with one attached hydrogen (secondary N) is 2. The smallest absolute Gasteiger partial charge is 0.261 e. The van der Waals surface area contributed by atoms with E-state index in [9.17, 15) is 13.2 Å². The quantitative estimate of drug-likeness (QED) is 0.735. The third kappa shape index (κ3) is 4.30. The van der Waals surface area contributed by atoms with Gasteiger partial charge in [-0.15, -0.1) is 0 Å². The highest BCUT2D eigenvalue weighted by molar-refractivity contribution is 9.10. The average molecular weight is 385 g/mol. The van der Waals surface area contributed by atoms with E-state index < -0.39 is 22.5 Å². The number of carbonyl (C=O) groups excluding carboxylic acids is 1. The molecule has 0 aliphatic rings. The molecule has 1 amide bonds. The van der Waals surface area contributed by atoms with Crippen molar-refractivity contribution in [3.63, 3.8) is 0 Å². The second kappa shape index (κ2) is 6.91. The summed E-state index contributed by atoms with van der Waals surface area (Å²) in [5.41, 5.74) is 0.689. The third-order valence-electron chi connectivity index (χ3n) is 2.67. The van der Waals surface area contributed by atoms with Crippen molar-refractivity contribution in [2.45, 2.75) is 4.90 Å². The highest BCUT2D eigenvalue weighted by atomic mass is 79.9. The molecule has 6 nitrogen and oxygen atoms in total. The molecule has 0 saturated heterocycles. The Hall–Kier alpha value is -1.90. The minimum atomic E-state index is -3.71. The Balaban J connectivity index is 2.21. The number of carbonyl (C=O) groups is 1. The third-order valence-corrected chi connectivity index (χ3v) is 4.59. The van der Waals surface area contributed by atoms with Gasteiger partial charge in [0.05, 0.1) is 10.6 Å². The molecule has 0 bridgehead atoms. The number of sulfonamides is 1. The monoisotopic (exact) mass is 384 g/mol. The van der Waals surface area contributed by atoms with Crippen LogP contribution in [-0.4, -0.2) is 26.0 Å². The molecular formula is C14H13BrN2O4S. The van der Waals surface area contributed by atoms with Gasteiger partial charge in [0.1, 0.15) is 6.61 Å². The van der Waals surface area contributed by atoms with Crippen LogP contribution in [0.3, 0.4) is 0 Å². The van der Waals surface area contributed by atoms with Gasteiger partial charge in [0.15, 0.2) is 0 Å². The minimum absolute atomic E-state index is 0.125. The van der Waals surface area contributed by atoms with Gasteiger partial charge in [0, 0.05) is 10.2 Å². The van der Waals surface area contributed by atoms with Gasteiger partial charge in [-0.2, -0.15) is 0 Å². The highest BCUT2D eigenvalue weighted by Crippen LogP contribution is 2.20. The summed E-state index contributed by atoms with van der Waals surface area (Å²) in [4.78, 5) is 11.3. The van der Waals surface area contributed by atoms with Crippen LogP contribution >= 0.6 is 15.9 Å². The van der Waals surface area contributed by atoms with Crippen molar-refractivity contribution >= 4 is 43.2 Å². The van der Waals surface area contributed by atoms with Gasteiger partial charge in [0.25, 0.3) is 10.0 Å². The van der Waals surface area contributed by atoms with Crippen LogP contribution in [0.15, 0.2) is 57.9 Å². The van der Waals surface area contributed by atoms with E-state index in [0.29, 0.717) is 11.4 Å². The minimum Gasteiger partial charge on any atom is -0.387 e. The molecular weight excluding hydrogens is 372 g/mol. The highest BCUT2D eigenvalue weighted by Gasteiger charge is 2.14. The van der Waals surface area contributed by atoms with Crippen LogP contribution in [0.5, 0.6) is 0 Å². The molecule has 2 rings (SSSR count). The topological polar surface area (TPSA) is 95.5 Å². The van der Waals surface area contributed by atoms with Crippen molar-refractivity contribution in [3.05, 3.63) is 53.0 Å². The SMILES string of the molecule is O=C(CO)Nc1cccc(NS(=O)(=O)c2ccc(Br)cc2)c1. The molecule has 0 aliphatic carbocycles. The largest absolute Gasteiger partial charge is 0.387 e. The van der Waals surface area contributed by atoms with Crippen LogP contribution in [0.25, 0.3) is 0 Å². The van der Waals surface area contributed by atoms with E-state index in [-0.39, 0.29) is 4.90 Å². The van der Waals surface area contributed by atoms with Gasteiger partial charge in [-0.3, -0.25) is 9.52 Å². The zero-order chi connectivity index (χ0) is 16.2. The molecule has 0 fully saturated rings. The molecule has 2 aromatic rings. The van der Waals surface area contributed by atoms with Gasteiger partial charge in [-0.05, 0) is 42.5 Å². The fourth-order valence-electron chi connectivity index (χ4n) is 1.69. The number of rotatable bonds is 5. The predicted octanol–water partition coefficient (Wildman–Crippen LogP) is 2.18. The molecule has 0 unspecified atom stereocenters. The maximum Gasteiger partial charge on any atom is 0.261 e. The van der Waals surface area contributed by atoms with E-state index in [2.05, 4.69) is 26.0 Å². The van der Waals surface area contributed by atoms with Crippen LogP contribution in [-0.2, 0) is 14.8 Å². The van der Waals surface area contributed by atoms with Crippen molar-refractivity contribution < 1.29 is 18.3 Å². The summed E-state index contributed by atoms with van der Waals surface area (Å²) in [7, 11) is -3.71. The first-order valence-electron chi connectivity index (χ1n) is 6.20. The second-order valence-corrected chi connectivity index (χ2v) is 6.94. The van der Waals surface area contributed by atoms with E-state index >= 15 is 0 Å². The predicted molar refractivity (Wildman–Crippen MR) is 87.1 cm³/mol. The first-order chi connectivity index (χ1) is 10.4. The van der Waals surface area contributed by atoms with Crippen LogP contribution in [0.4, 0.5) is 11.4 Å². The molecule has 0 aromatic heterocycles. The van der Waals surface area contributed by atoms with Crippen LogP contribution < -0.4 is 10.0 Å². The molecule has 0 atom stereocenters. The lowest BCUT2D eigenvalue weighted by atomic mass is 10.3. The fourth-order valence-corrected chi connectivity index (χ4v) is 3.00. The summed E-state index contributed by atoms with van der Waals surface area (Å²) >= 11 is 3.24. The Morgan fingerprint density at radius 3 is 2.36 bits per heavy atom. The summed E-state index contributed by atoms with van der Waals surface area (Å²) in [6.45, 7) is -0.644. The molecule has 116 valence electrons.